The van der Waals surface area contributed by atoms with Gasteiger partial charge in [0.2, 0.25) is 5.91 Å². The summed E-state index contributed by atoms with van der Waals surface area (Å²) in [5.41, 5.74) is 0.669. The van der Waals surface area contributed by atoms with Gasteiger partial charge in [-0.3, -0.25) is 33.9 Å². The van der Waals surface area contributed by atoms with Crippen LogP contribution in [0.15, 0.2) is 48.8 Å². The van der Waals surface area contributed by atoms with E-state index in [1.165, 1.54) is 43.6 Å². The van der Waals surface area contributed by atoms with Gasteiger partial charge in [0.15, 0.2) is 6.73 Å². The fraction of sp³-hybridized carbons (Fsp3) is 0.261. The number of hydrogen-bond acceptors (Lipinski definition) is 8. The molecule has 2 aliphatic rings. The zero-order valence-corrected chi connectivity index (χ0v) is 18.1. The van der Waals surface area contributed by atoms with Crippen LogP contribution in [-0.2, 0) is 19.1 Å². The number of nitrogens with zero attached hydrogens (tertiary/aromatic N) is 3. The van der Waals surface area contributed by atoms with E-state index in [4.69, 9.17) is 4.74 Å². The summed E-state index contributed by atoms with van der Waals surface area (Å²) >= 11 is 0. The van der Waals surface area contributed by atoms with E-state index in [9.17, 15) is 28.8 Å². The van der Waals surface area contributed by atoms with Crippen LogP contribution in [0.1, 0.15) is 50.8 Å². The summed E-state index contributed by atoms with van der Waals surface area (Å²) in [6.07, 6.45) is 2.72. The van der Waals surface area contributed by atoms with Crippen LogP contribution in [0.2, 0.25) is 0 Å². The number of rotatable bonds is 6. The second kappa shape index (κ2) is 9.22. The predicted octanol–water partition coefficient (Wildman–Crippen LogP) is 0.514. The van der Waals surface area contributed by atoms with Crippen molar-refractivity contribution in [2.75, 3.05) is 6.73 Å². The molecule has 0 spiro atoms. The summed E-state index contributed by atoms with van der Waals surface area (Å²) in [6.45, 7) is 0.689. The third kappa shape index (κ3) is 4.15. The summed E-state index contributed by atoms with van der Waals surface area (Å²) in [7, 11) is 0. The maximum Gasteiger partial charge on any atom is 0.330 e. The predicted molar refractivity (Wildman–Crippen MR) is 114 cm³/mol. The Morgan fingerprint density at radius 1 is 1.06 bits per heavy atom. The van der Waals surface area contributed by atoms with Gasteiger partial charge in [-0.05, 0) is 37.6 Å². The monoisotopic (exact) mass is 464 g/mol. The normalized spacial score (nSPS) is 18.6. The summed E-state index contributed by atoms with van der Waals surface area (Å²) in [5, 5.41) is 2.45. The Kier molecular flexibility index (Phi) is 6.17. The molecule has 0 saturated carbocycles. The minimum atomic E-state index is -1.19. The van der Waals surface area contributed by atoms with E-state index in [-0.39, 0.29) is 24.0 Å². The van der Waals surface area contributed by atoms with Crippen molar-refractivity contribution in [3.63, 3.8) is 0 Å². The summed E-state index contributed by atoms with van der Waals surface area (Å²) in [6, 6.07) is 6.90. The topological polar surface area (TPSA) is 143 Å². The van der Waals surface area contributed by atoms with Gasteiger partial charge in [-0.25, -0.2) is 9.69 Å². The van der Waals surface area contributed by atoms with Crippen LogP contribution in [0, 0.1) is 0 Å². The highest BCUT2D eigenvalue weighted by molar-refractivity contribution is 6.23. The lowest BCUT2D eigenvalue weighted by Crippen LogP contribution is -2.56. The second-order valence-electron chi connectivity index (χ2n) is 7.76. The third-order valence-corrected chi connectivity index (χ3v) is 5.60. The highest BCUT2D eigenvalue weighted by Crippen LogP contribution is 2.29. The molecule has 11 nitrogen and oxygen atoms in total. The summed E-state index contributed by atoms with van der Waals surface area (Å²) in [5.74, 6) is -4.03. The lowest BCUT2D eigenvalue weighted by molar-refractivity contribution is -0.164. The first kappa shape index (κ1) is 22.8. The SMILES string of the molecule is C[C@H](NC(=O)c1ccncc1)C(=O)OCN1C(=O)CCC(N2C(=O)c3ccccc3C2=O)C1=O. The van der Waals surface area contributed by atoms with Crippen molar-refractivity contribution < 1.29 is 33.5 Å². The average Bonchev–Trinajstić information content (AvgIpc) is 3.09. The molecule has 3 heterocycles. The second-order valence-corrected chi connectivity index (χ2v) is 7.76. The van der Waals surface area contributed by atoms with Crippen LogP contribution in [0.4, 0.5) is 0 Å². The van der Waals surface area contributed by atoms with Crippen molar-refractivity contribution in [1.29, 1.82) is 0 Å². The first-order valence-electron chi connectivity index (χ1n) is 10.5. The zero-order chi connectivity index (χ0) is 24.4. The van der Waals surface area contributed by atoms with E-state index in [1.54, 1.807) is 12.1 Å². The van der Waals surface area contributed by atoms with Gasteiger partial charge in [0.1, 0.15) is 12.1 Å². The van der Waals surface area contributed by atoms with Gasteiger partial charge in [-0.15, -0.1) is 0 Å². The van der Waals surface area contributed by atoms with Crippen molar-refractivity contribution >= 4 is 35.5 Å². The largest absolute Gasteiger partial charge is 0.442 e. The molecule has 2 aliphatic heterocycles. The van der Waals surface area contributed by atoms with Crippen molar-refractivity contribution in [3.05, 3.63) is 65.5 Å². The standard InChI is InChI=1S/C23H20N4O7/c1-13(25-19(29)14-8-10-24-11-9-14)23(33)34-12-26-18(28)7-6-17(22(26)32)27-20(30)15-4-2-3-5-16(15)21(27)31/h2-5,8-11,13,17H,6-7,12H2,1H3,(H,25,29)/t13-,17?/m0/s1. The van der Waals surface area contributed by atoms with Crippen LogP contribution in [0.3, 0.4) is 0 Å². The van der Waals surface area contributed by atoms with Gasteiger partial charge in [-0.1, -0.05) is 12.1 Å². The highest BCUT2D eigenvalue weighted by Gasteiger charge is 2.47. The number of ether oxygens (including phenoxy) is 1. The van der Waals surface area contributed by atoms with Gasteiger partial charge in [0.25, 0.3) is 23.6 Å². The third-order valence-electron chi connectivity index (χ3n) is 5.60. The first-order chi connectivity index (χ1) is 16.3. The summed E-state index contributed by atoms with van der Waals surface area (Å²) in [4.78, 5) is 80.7. The zero-order valence-electron chi connectivity index (χ0n) is 18.1. The van der Waals surface area contributed by atoms with E-state index < -0.39 is 54.3 Å². The van der Waals surface area contributed by atoms with E-state index in [1.807, 2.05) is 0 Å². The average molecular weight is 464 g/mol. The molecular weight excluding hydrogens is 444 g/mol. The number of benzene rings is 1. The quantitative estimate of drug-likeness (QED) is 0.481. The molecule has 1 fully saturated rings. The molecule has 1 unspecified atom stereocenters. The Bertz CT molecular complexity index is 1160. The molecule has 4 rings (SSSR count). The lowest BCUT2D eigenvalue weighted by atomic mass is 10.0. The highest BCUT2D eigenvalue weighted by atomic mass is 16.5. The van der Waals surface area contributed by atoms with Crippen LogP contribution in [0.25, 0.3) is 0 Å². The Morgan fingerprint density at radius 3 is 2.29 bits per heavy atom. The van der Waals surface area contributed by atoms with Gasteiger partial charge in [-0.2, -0.15) is 0 Å². The molecule has 0 aliphatic carbocycles. The molecule has 11 heteroatoms. The van der Waals surface area contributed by atoms with Crippen molar-refractivity contribution in [1.82, 2.24) is 20.1 Å². The number of hydrogen-bond donors (Lipinski definition) is 1. The Balaban J connectivity index is 1.39. The molecule has 1 N–H and O–H groups in total. The maximum absolute atomic E-state index is 13.0. The lowest BCUT2D eigenvalue weighted by Gasteiger charge is -2.34. The number of fused-ring (bicyclic) bond motifs is 1. The van der Waals surface area contributed by atoms with Gasteiger partial charge in [0.05, 0.1) is 11.1 Å². The molecule has 1 saturated heterocycles. The molecule has 1 aromatic carbocycles. The molecule has 0 bridgehead atoms. The number of aromatic nitrogens is 1. The Morgan fingerprint density at radius 2 is 1.68 bits per heavy atom. The number of esters is 1. The number of carbonyl (C=O) groups excluding carboxylic acids is 6. The smallest absolute Gasteiger partial charge is 0.330 e. The first-order valence-corrected chi connectivity index (χ1v) is 10.5. The van der Waals surface area contributed by atoms with Crippen LogP contribution in [0.5, 0.6) is 0 Å². The minimum Gasteiger partial charge on any atom is -0.442 e. The van der Waals surface area contributed by atoms with Gasteiger partial charge >= 0.3 is 5.97 Å². The van der Waals surface area contributed by atoms with Crippen LogP contribution >= 0.6 is 0 Å². The molecule has 0 radical (unpaired) electrons. The molecule has 1 aromatic heterocycles. The van der Waals surface area contributed by atoms with Crippen molar-refractivity contribution in [2.24, 2.45) is 0 Å². The van der Waals surface area contributed by atoms with E-state index in [2.05, 4.69) is 10.3 Å². The number of carbonyl (C=O) groups is 6. The minimum absolute atomic E-state index is 0.0219. The molecule has 174 valence electrons. The number of imide groups is 2. The number of likely N-dealkylation sites (tertiary alicyclic amines) is 1. The van der Waals surface area contributed by atoms with E-state index >= 15 is 0 Å². The fourth-order valence-corrected chi connectivity index (χ4v) is 3.78. The van der Waals surface area contributed by atoms with Crippen molar-refractivity contribution in [3.8, 4) is 0 Å². The summed E-state index contributed by atoms with van der Waals surface area (Å²) < 4.78 is 5.08. The fourth-order valence-electron chi connectivity index (χ4n) is 3.78. The molecule has 2 atom stereocenters. The Labute approximate surface area is 193 Å². The molecular formula is C23H20N4O7. The van der Waals surface area contributed by atoms with Crippen LogP contribution < -0.4 is 5.32 Å². The maximum atomic E-state index is 13.0. The molecule has 34 heavy (non-hydrogen) atoms. The Hall–Kier alpha value is -4.41. The molecule has 2 aromatic rings. The number of pyridine rings is 1. The molecule has 5 amide bonds. The number of nitrogens with one attached hydrogen (secondary N) is 1. The van der Waals surface area contributed by atoms with Gasteiger partial charge < -0.3 is 10.1 Å². The van der Waals surface area contributed by atoms with Crippen molar-refractivity contribution in [2.45, 2.75) is 31.8 Å². The van der Waals surface area contributed by atoms with E-state index in [0.717, 1.165) is 4.90 Å². The number of amides is 5. The van der Waals surface area contributed by atoms with Crippen LogP contribution in [-0.4, -0.2) is 69.1 Å². The van der Waals surface area contributed by atoms with Gasteiger partial charge in [0, 0.05) is 24.4 Å². The van der Waals surface area contributed by atoms with E-state index in [0.29, 0.717) is 10.5 Å². The number of piperidine rings is 1.